The molecule has 88 valence electrons. The van der Waals surface area contributed by atoms with Gasteiger partial charge in [0.2, 0.25) is 0 Å². The highest BCUT2D eigenvalue weighted by atomic mass is 15.2. The predicted molar refractivity (Wildman–Crippen MR) is 70.8 cm³/mol. The number of aromatic nitrogens is 1. The van der Waals surface area contributed by atoms with E-state index in [2.05, 4.69) is 22.0 Å². The van der Waals surface area contributed by atoms with Crippen LogP contribution in [0.2, 0.25) is 0 Å². The number of rotatable bonds is 5. The lowest BCUT2D eigenvalue weighted by atomic mass is 10.2. The molecule has 2 rings (SSSR count). The highest BCUT2D eigenvalue weighted by Crippen LogP contribution is 2.12. The molecule has 3 nitrogen and oxygen atoms in total. The number of benzene rings is 1. The van der Waals surface area contributed by atoms with Gasteiger partial charge in [-0.2, -0.15) is 0 Å². The first-order chi connectivity index (χ1) is 8.40. The molecule has 0 spiro atoms. The van der Waals surface area contributed by atoms with Crippen molar-refractivity contribution in [2.45, 2.75) is 6.54 Å². The summed E-state index contributed by atoms with van der Waals surface area (Å²) in [5.41, 5.74) is 6.92. The third kappa shape index (κ3) is 3.29. The van der Waals surface area contributed by atoms with Gasteiger partial charge in [-0.05, 0) is 17.7 Å². The SMILES string of the molecule is NCCN(Cc1ccccc1)c1ccccn1. The predicted octanol–water partition coefficient (Wildman–Crippen LogP) is 2.05. The van der Waals surface area contributed by atoms with E-state index in [1.165, 1.54) is 5.56 Å². The van der Waals surface area contributed by atoms with E-state index in [-0.39, 0.29) is 0 Å². The van der Waals surface area contributed by atoms with E-state index in [4.69, 9.17) is 5.73 Å². The fraction of sp³-hybridized carbons (Fsp3) is 0.214. The summed E-state index contributed by atoms with van der Waals surface area (Å²) in [5.74, 6) is 0.974. The number of pyridine rings is 1. The maximum Gasteiger partial charge on any atom is 0.128 e. The summed E-state index contributed by atoms with van der Waals surface area (Å²) in [6.07, 6.45) is 1.81. The number of hydrogen-bond donors (Lipinski definition) is 1. The third-order valence-electron chi connectivity index (χ3n) is 2.59. The van der Waals surface area contributed by atoms with E-state index in [1.54, 1.807) is 0 Å². The van der Waals surface area contributed by atoms with Crippen molar-refractivity contribution in [1.29, 1.82) is 0 Å². The van der Waals surface area contributed by atoms with Gasteiger partial charge < -0.3 is 10.6 Å². The third-order valence-corrected chi connectivity index (χ3v) is 2.59. The second kappa shape index (κ2) is 6.01. The van der Waals surface area contributed by atoms with E-state index in [1.807, 2.05) is 42.6 Å². The Bertz CT molecular complexity index is 428. The Balaban J connectivity index is 2.13. The fourth-order valence-corrected chi connectivity index (χ4v) is 1.78. The summed E-state index contributed by atoms with van der Waals surface area (Å²) in [6.45, 7) is 2.28. The van der Waals surface area contributed by atoms with Gasteiger partial charge in [-0.25, -0.2) is 4.98 Å². The van der Waals surface area contributed by atoms with Crippen molar-refractivity contribution in [1.82, 2.24) is 4.98 Å². The lowest BCUT2D eigenvalue weighted by molar-refractivity contribution is 0.776. The van der Waals surface area contributed by atoms with Crippen molar-refractivity contribution < 1.29 is 0 Å². The summed E-state index contributed by atoms with van der Waals surface area (Å²) in [7, 11) is 0. The fourth-order valence-electron chi connectivity index (χ4n) is 1.78. The van der Waals surface area contributed by atoms with E-state index in [0.717, 1.165) is 18.9 Å². The van der Waals surface area contributed by atoms with Crippen molar-refractivity contribution in [2.75, 3.05) is 18.0 Å². The van der Waals surface area contributed by atoms with E-state index in [9.17, 15) is 0 Å². The molecule has 1 aromatic heterocycles. The van der Waals surface area contributed by atoms with Crippen LogP contribution in [0.3, 0.4) is 0 Å². The van der Waals surface area contributed by atoms with Crippen LogP contribution in [0.15, 0.2) is 54.7 Å². The minimum atomic E-state index is 0.628. The molecule has 0 saturated heterocycles. The second-order valence-electron chi connectivity index (χ2n) is 3.88. The van der Waals surface area contributed by atoms with Gasteiger partial charge in [0, 0.05) is 25.8 Å². The smallest absolute Gasteiger partial charge is 0.128 e. The zero-order valence-corrected chi connectivity index (χ0v) is 9.79. The summed E-state index contributed by atoms with van der Waals surface area (Å²) >= 11 is 0. The first kappa shape index (κ1) is 11.6. The van der Waals surface area contributed by atoms with Gasteiger partial charge in [-0.15, -0.1) is 0 Å². The number of anilines is 1. The normalized spacial score (nSPS) is 10.2. The topological polar surface area (TPSA) is 42.1 Å². The zero-order chi connectivity index (χ0) is 11.9. The molecule has 0 fully saturated rings. The zero-order valence-electron chi connectivity index (χ0n) is 9.79. The van der Waals surface area contributed by atoms with Gasteiger partial charge in [-0.3, -0.25) is 0 Å². The monoisotopic (exact) mass is 227 g/mol. The minimum absolute atomic E-state index is 0.628. The molecule has 0 amide bonds. The number of nitrogens with two attached hydrogens (primary N) is 1. The van der Waals surface area contributed by atoms with E-state index in [0.29, 0.717) is 6.54 Å². The molecule has 0 bridgehead atoms. The highest BCUT2D eigenvalue weighted by molar-refractivity contribution is 5.39. The Hall–Kier alpha value is -1.87. The molecule has 0 aliphatic carbocycles. The first-order valence-corrected chi connectivity index (χ1v) is 5.80. The number of nitrogens with zero attached hydrogens (tertiary/aromatic N) is 2. The van der Waals surface area contributed by atoms with Crippen LogP contribution in [-0.2, 0) is 6.54 Å². The van der Waals surface area contributed by atoms with Crippen molar-refractivity contribution in [3.63, 3.8) is 0 Å². The lowest BCUT2D eigenvalue weighted by Gasteiger charge is -2.23. The molecule has 2 aromatic rings. The standard InChI is InChI=1S/C14H17N3/c15-9-11-17(14-8-4-5-10-16-14)12-13-6-2-1-3-7-13/h1-8,10H,9,11-12,15H2. The van der Waals surface area contributed by atoms with Crippen LogP contribution in [0.25, 0.3) is 0 Å². The lowest BCUT2D eigenvalue weighted by Crippen LogP contribution is -2.29. The van der Waals surface area contributed by atoms with Crippen LogP contribution in [0.5, 0.6) is 0 Å². The average Bonchev–Trinajstić information content (AvgIpc) is 2.40. The van der Waals surface area contributed by atoms with Gasteiger partial charge in [0.05, 0.1) is 0 Å². The summed E-state index contributed by atoms with van der Waals surface area (Å²) in [4.78, 5) is 6.55. The van der Waals surface area contributed by atoms with Crippen molar-refractivity contribution >= 4 is 5.82 Å². The molecule has 0 atom stereocenters. The second-order valence-corrected chi connectivity index (χ2v) is 3.88. The molecular weight excluding hydrogens is 210 g/mol. The first-order valence-electron chi connectivity index (χ1n) is 5.80. The molecule has 0 unspecified atom stereocenters. The molecule has 0 saturated carbocycles. The number of hydrogen-bond acceptors (Lipinski definition) is 3. The van der Waals surface area contributed by atoms with Crippen LogP contribution in [-0.4, -0.2) is 18.1 Å². The molecular formula is C14H17N3. The van der Waals surface area contributed by atoms with Gasteiger partial charge in [-0.1, -0.05) is 36.4 Å². The molecule has 1 heterocycles. The maximum atomic E-state index is 5.65. The minimum Gasteiger partial charge on any atom is -0.351 e. The Labute approximate surface area is 102 Å². The van der Waals surface area contributed by atoms with Gasteiger partial charge in [0.15, 0.2) is 0 Å². The molecule has 0 aliphatic heterocycles. The molecule has 1 aromatic carbocycles. The van der Waals surface area contributed by atoms with Crippen LogP contribution in [0, 0.1) is 0 Å². The Kier molecular flexibility index (Phi) is 4.11. The maximum absolute atomic E-state index is 5.65. The van der Waals surface area contributed by atoms with Crippen LogP contribution in [0.1, 0.15) is 5.56 Å². The van der Waals surface area contributed by atoms with Crippen molar-refractivity contribution in [2.24, 2.45) is 5.73 Å². The average molecular weight is 227 g/mol. The van der Waals surface area contributed by atoms with Crippen LogP contribution >= 0.6 is 0 Å². The van der Waals surface area contributed by atoms with Crippen molar-refractivity contribution in [3.05, 3.63) is 60.3 Å². The molecule has 0 radical (unpaired) electrons. The summed E-state index contributed by atoms with van der Waals surface area (Å²) in [6, 6.07) is 16.3. The van der Waals surface area contributed by atoms with Crippen molar-refractivity contribution in [3.8, 4) is 0 Å². The Morgan fingerprint density at radius 2 is 1.76 bits per heavy atom. The van der Waals surface area contributed by atoms with Crippen LogP contribution in [0.4, 0.5) is 5.82 Å². The van der Waals surface area contributed by atoms with E-state index < -0.39 is 0 Å². The molecule has 0 aliphatic rings. The molecule has 3 heteroatoms. The summed E-state index contributed by atoms with van der Waals surface area (Å²) in [5, 5.41) is 0. The van der Waals surface area contributed by atoms with Gasteiger partial charge in [0.25, 0.3) is 0 Å². The van der Waals surface area contributed by atoms with E-state index >= 15 is 0 Å². The molecule has 17 heavy (non-hydrogen) atoms. The van der Waals surface area contributed by atoms with Gasteiger partial charge in [0.1, 0.15) is 5.82 Å². The summed E-state index contributed by atoms with van der Waals surface area (Å²) < 4.78 is 0. The van der Waals surface area contributed by atoms with Crippen LogP contribution < -0.4 is 10.6 Å². The Morgan fingerprint density at radius 3 is 2.41 bits per heavy atom. The highest BCUT2D eigenvalue weighted by Gasteiger charge is 2.06. The Morgan fingerprint density at radius 1 is 1.00 bits per heavy atom. The van der Waals surface area contributed by atoms with Gasteiger partial charge >= 0.3 is 0 Å². The molecule has 2 N–H and O–H groups in total. The largest absolute Gasteiger partial charge is 0.351 e. The quantitative estimate of drug-likeness (QED) is 0.850.